The summed E-state index contributed by atoms with van der Waals surface area (Å²) in [6, 6.07) is 8.67. The monoisotopic (exact) mass is 389 g/mol. The molecule has 0 aliphatic rings. The maximum absolute atomic E-state index is 13.8. The molecule has 3 rings (SSSR count). The average molecular weight is 389 g/mol. The number of benzene rings is 2. The number of pyridine rings is 1. The van der Waals surface area contributed by atoms with Gasteiger partial charge in [0.1, 0.15) is 11.6 Å². The molecule has 0 radical (unpaired) electrons. The number of carboxylic acids is 1. The van der Waals surface area contributed by atoms with Crippen molar-refractivity contribution in [2.24, 2.45) is 0 Å². The predicted molar refractivity (Wildman–Crippen MR) is 98.0 cm³/mol. The van der Waals surface area contributed by atoms with E-state index in [1.54, 1.807) is 26.0 Å². The summed E-state index contributed by atoms with van der Waals surface area (Å²) in [5.74, 6) is -1.80. The van der Waals surface area contributed by atoms with E-state index in [9.17, 15) is 18.5 Å². The van der Waals surface area contributed by atoms with Gasteiger partial charge < -0.3 is 14.4 Å². The maximum Gasteiger partial charge on any atom is 0.310 e. The molecule has 6 nitrogen and oxygen atoms in total. The Labute approximate surface area is 156 Å². The fraction of sp³-hybridized carbons (Fsp3) is 0.158. The summed E-state index contributed by atoms with van der Waals surface area (Å²) in [4.78, 5) is 15.6. The molecule has 0 aliphatic heterocycles. The minimum absolute atomic E-state index is 0.114. The van der Waals surface area contributed by atoms with Crippen LogP contribution < -0.4 is 4.74 Å². The fourth-order valence-corrected chi connectivity index (χ4v) is 3.14. The minimum atomic E-state index is -2.16. The van der Waals surface area contributed by atoms with Crippen LogP contribution in [0.1, 0.15) is 24.0 Å². The van der Waals surface area contributed by atoms with E-state index in [0.29, 0.717) is 27.6 Å². The zero-order valence-electron chi connectivity index (χ0n) is 14.5. The Morgan fingerprint density at radius 2 is 2.00 bits per heavy atom. The first kappa shape index (κ1) is 18.9. The molecule has 8 heteroatoms. The van der Waals surface area contributed by atoms with Crippen molar-refractivity contribution < 1.29 is 27.8 Å². The highest BCUT2D eigenvalue weighted by Crippen LogP contribution is 2.38. The van der Waals surface area contributed by atoms with E-state index < -0.39 is 28.8 Å². The molecular formula is C19H16FNO5S. The Kier molecular flexibility index (Phi) is 5.20. The van der Waals surface area contributed by atoms with E-state index in [0.717, 1.165) is 0 Å². The lowest BCUT2D eigenvalue weighted by atomic mass is 9.92. The molecule has 0 fully saturated rings. The van der Waals surface area contributed by atoms with Crippen molar-refractivity contribution in [3.05, 3.63) is 59.5 Å². The lowest BCUT2D eigenvalue weighted by Crippen LogP contribution is -2.10. The number of nitrogens with zero attached hydrogens (tertiary/aromatic N) is 1. The van der Waals surface area contributed by atoms with Crippen molar-refractivity contribution in [1.82, 2.24) is 4.98 Å². The molecule has 0 bridgehead atoms. The summed E-state index contributed by atoms with van der Waals surface area (Å²) in [6.07, 6.45) is 1.20. The highest BCUT2D eigenvalue weighted by Gasteiger charge is 2.21. The second-order valence-electron chi connectivity index (χ2n) is 6.03. The summed E-state index contributed by atoms with van der Waals surface area (Å²) in [5, 5.41) is 10.5. The van der Waals surface area contributed by atoms with Gasteiger partial charge in [-0.2, -0.15) is 0 Å². The second kappa shape index (κ2) is 7.42. The van der Waals surface area contributed by atoms with E-state index in [1.807, 2.05) is 0 Å². The Bertz CT molecular complexity index is 1050. The summed E-state index contributed by atoms with van der Waals surface area (Å²) in [5.41, 5.74) is 1.10. The van der Waals surface area contributed by atoms with Gasteiger partial charge in [0, 0.05) is 17.6 Å². The first-order valence-electron chi connectivity index (χ1n) is 7.98. The molecule has 2 N–H and O–H groups in total. The van der Waals surface area contributed by atoms with Crippen LogP contribution in [0, 0.1) is 12.7 Å². The van der Waals surface area contributed by atoms with Crippen LogP contribution in [0.4, 0.5) is 4.39 Å². The van der Waals surface area contributed by atoms with E-state index in [4.69, 9.17) is 9.29 Å². The number of rotatable bonds is 5. The van der Waals surface area contributed by atoms with Gasteiger partial charge in [-0.15, -0.1) is 0 Å². The first-order chi connectivity index (χ1) is 12.8. The van der Waals surface area contributed by atoms with Crippen molar-refractivity contribution in [2.75, 3.05) is 0 Å². The third-order valence-corrected chi connectivity index (χ3v) is 4.94. The molecule has 2 atom stereocenters. The molecule has 140 valence electrons. The molecule has 0 aliphatic carbocycles. The number of halogens is 1. The molecule has 0 spiro atoms. The predicted octanol–water partition coefficient (Wildman–Crippen LogP) is 4.24. The standard InChI is InChI=1S/C19H16FNO5S/c1-10-15(11(2)19(22)23)7-12-3-4-13(20)8-16(12)18(10)26-17-6-5-14(9-21-17)27(24)25/h3-9,11H,1-2H3,(H,22,23)(H,24,25). The van der Waals surface area contributed by atoms with E-state index >= 15 is 0 Å². The number of carbonyl (C=O) groups is 1. The van der Waals surface area contributed by atoms with Gasteiger partial charge in [0.25, 0.3) is 0 Å². The van der Waals surface area contributed by atoms with Gasteiger partial charge in [-0.25, -0.2) is 13.6 Å². The highest BCUT2D eigenvalue weighted by atomic mass is 32.2. The molecule has 0 amide bonds. The second-order valence-corrected chi connectivity index (χ2v) is 7.00. The van der Waals surface area contributed by atoms with Crippen LogP contribution in [0.5, 0.6) is 11.6 Å². The van der Waals surface area contributed by atoms with E-state index in [2.05, 4.69) is 4.98 Å². The van der Waals surface area contributed by atoms with Gasteiger partial charge in [-0.3, -0.25) is 4.79 Å². The van der Waals surface area contributed by atoms with Crippen molar-refractivity contribution in [2.45, 2.75) is 24.7 Å². The third kappa shape index (κ3) is 3.81. The van der Waals surface area contributed by atoms with Crippen LogP contribution in [0.3, 0.4) is 0 Å². The summed E-state index contributed by atoms with van der Waals surface area (Å²) < 4.78 is 39.7. The number of aromatic nitrogens is 1. The first-order valence-corrected chi connectivity index (χ1v) is 9.09. The molecule has 1 heterocycles. The number of hydrogen-bond acceptors (Lipinski definition) is 4. The summed E-state index contributed by atoms with van der Waals surface area (Å²) in [7, 11) is 0. The summed E-state index contributed by atoms with van der Waals surface area (Å²) in [6.45, 7) is 3.26. The third-order valence-electron chi connectivity index (χ3n) is 4.30. The van der Waals surface area contributed by atoms with Crippen molar-refractivity contribution in [3.63, 3.8) is 0 Å². The normalized spacial score (nSPS) is 13.3. The number of carboxylic acid groups (broad SMARTS) is 1. The molecule has 2 unspecified atom stereocenters. The Balaban J connectivity index is 2.16. The van der Waals surface area contributed by atoms with Gasteiger partial charge in [-0.1, -0.05) is 6.07 Å². The summed E-state index contributed by atoms with van der Waals surface area (Å²) >= 11 is -2.16. The molecular weight excluding hydrogens is 373 g/mol. The van der Waals surface area contributed by atoms with Gasteiger partial charge in [-0.05, 0) is 54.6 Å². The van der Waals surface area contributed by atoms with Crippen LogP contribution >= 0.6 is 0 Å². The lowest BCUT2D eigenvalue weighted by Gasteiger charge is -2.18. The van der Waals surface area contributed by atoms with Crippen LogP contribution in [-0.4, -0.2) is 24.8 Å². The zero-order chi connectivity index (χ0) is 19.7. The van der Waals surface area contributed by atoms with Crippen LogP contribution in [-0.2, 0) is 15.9 Å². The molecule has 1 aromatic heterocycles. The van der Waals surface area contributed by atoms with Gasteiger partial charge in [0.2, 0.25) is 5.88 Å². The van der Waals surface area contributed by atoms with Gasteiger partial charge in [0.05, 0.1) is 10.8 Å². The highest BCUT2D eigenvalue weighted by molar-refractivity contribution is 7.79. The van der Waals surface area contributed by atoms with Crippen LogP contribution in [0.2, 0.25) is 0 Å². The largest absolute Gasteiger partial charge is 0.481 e. The topological polar surface area (TPSA) is 96.7 Å². The molecule has 27 heavy (non-hydrogen) atoms. The number of ether oxygens (including phenoxy) is 1. The van der Waals surface area contributed by atoms with Crippen molar-refractivity contribution in [3.8, 4) is 11.6 Å². The number of hydrogen-bond donors (Lipinski definition) is 2. The van der Waals surface area contributed by atoms with Crippen LogP contribution in [0.25, 0.3) is 10.8 Å². The number of aliphatic carboxylic acids is 1. The maximum atomic E-state index is 13.8. The fourth-order valence-electron chi connectivity index (χ4n) is 2.81. The molecule has 3 aromatic rings. The SMILES string of the molecule is Cc1c(C(C)C(=O)O)cc2ccc(F)cc2c1Oc1ccc(S(=O)O)cn1. The molecule has 0 saturated carbocycles. The zero-order valence-corrected chi connectivity index (χ0v) is 15.3. The quantitative estimate of drug-likeness (QED) is 0.634. The van der Waals surface area contributed by atoms with Crippen molar-refractivity contribution in [1.29, 1.82) is 0 Å². The Morgan fingerprint density at radius 3 is 2.59 bits per heavy atom. The van der Waals surface area contributed by atoms with Crippen molar-refractivity contribution >= 4 is 27.8 Å². The Hall–Kier alpha value is -2.84. The van der Waals surface area contributed by atoms with Gasteiger partial charge in [0.15, 0.2) is 11.1 Å². The lowest BCUT2D eigenvalue weighted by molar-refractivity contribution is -0.138. The number of fused-ring (bicyclic) bond motifs is 1. The van der Waals surface area contributed by atoms with Gasteiger partial charge >= 0.3 is 5.97 Å². The average Bonchev–Trinajstić information content (AvgIpc) is 2.63. The minimum Gasteiger partial charge on any atom is -0.481 e. The molecule has 2 aromatic carbocycles. The van der Waals surface area contributed by atoms with E-state index in [1.165, 1.54) is 30.5 Å². The van der Waals surface area contributed by atoms with E-state index in [-0.39, 0.29) is 10.8 Å². The smallest absolute Gasteiger partial charge is 0.310 e. The Morgan fingerprint density at radius 1 is 1.26 bits per heavy atom. The molecule has 0 saturated heterocycles. The van der Waals surface area contributed by atoms with Crippen LogP contribution in [0.15, 0.2) is 47.5 Å².